The number of nitrogens with one attached hydrogen (secondary N) is 1. The molecule has 0 aliphatic carbocycles. The lowest BCUT2D eigenvalue weighted by molar-refractivity contribution is 0.372. The summed E-state index contributed by atoms with van der Waals surface area (Å²) in [5.74, 6) is 1.03. The molecule has 0 bridgehead atoms. The minimum atomic E-state index is 0. The molecular formula is C21H33IN6. The molecule has 1 saturated heterocycles. The number of benzene rings is 1. The first-order chi connectivity index (χ1) is 13.1. The van der Waals surface area contributed by atoms with Gasteiger partial charge in [-0.3, -0.25) is 9.67 Å². The van der Waals surface area contributed by atoms with Crippen molar-refractivity contribution in [2.24, 2.45) is 12.0 Å². The van der Waals surface area contributed by atoms with Gasteiger partial charge >= 0.3 is 0 Å². The summed E-state index contributed by atoms with van der Waals surface area (Å²) >= 11 is 0. The summed E-state index contributed by atoms with van der Waals surface area (Å²) in [7, 11) is 2.01. The number of aliphatic imine (C=N–C) groups is 1. The maximum absolute atomic E-state index is 4.90. The van der Waals surface area contributed by atoms with E-state index in [-0.39, 0.29) is 24.0 Å². The minimum Gasteiger partial charge on any atom is -0.368 e. The Kier molecular flexibility index (Phi) is 8.59. The summed E-state index contributed by atoms with van der Waals surface area (Å²) < 4.78 is 1.96. The normalized spacial score (nSPS) is 14.8. The smallest absolute Gasteiger partial charge is 0.194 e. The van der Waals surface area contributed by atoms with Gasteiger partial charge in [-0.25, -0.2) is 0 Å². The standard InChI is InChI=1S/C21H32N6.HI/c1-5-22-21(23-12-11-20-17(2)24-25(4)18(20)3)27-15-13-26(14-16-27)19-9-7-6-8-10-19;/h6-10H,5,11-16H2,1-4H3,(H,22,23);1H. The molecule has 0 saturated carbocycles. The Labute approximate surface area is 186 Å². The number of guanidine groups is 1. The van der Waals surface area contributed by atoms with Gasteiger partial charge in [-0.1, -0.05) is 18.2 Å². The van der Waals surface area contributed by atoms with Crippen molar-refractivity contribution in [3.05, 3.63) is 47.3 Å². The molecule has 1 aromatic heterocycles. The molecule has 2 aromatic rings. The Morgan fingerprint density at radius 3 is 2.36 bits per heavy atom. The van der Waals surface area contributed by atoms with Crippen LogP contribution in [-0.2, 0) is 13.5 Å². The summed E-state index contributed by atoms with van der Waals surface area (Å²) in [6.45, 7) is 12.1. The van der Waals surface area contributed by atoms with E-state index in [0.717, 1.165) is 57.3 Å². The molecule has 0 spiro atoms. The molecule has 1 aliphatic heterocycles. The summed E-state index contributed by atoms with van der Waals surface area (Å²) in [5, 5.41) is 7.97. The molecule has 3 rings (SSSR count). The van der Waals surface area contributed by atoms with E-state index < -0.39 is 0 Å². The fraction of sp³-hybridized carbons (Fsp3) is 0.524. The van der Waals surface area contributed by atoms with Gasteiger partial charge in [-0.05, 0) is 44.9 Å². The number of para-hydroxylation sites is 1. The Hall–Kier alpha value is -1.77. The zero-order valence-electron chi connectivity index (χ0n) is 17.5. The maximum Gasteiger partial charge on any atom is 0.194 e. The van der Waals surface area contributed by atoms with Crippen LogP contribution < -0.4 is 10.2 Å². The van der Waals surface area contributed by atoms with Crippen LogP contribution >= 0.6 is 24.0 Å². The van der Waals surface area contributed by atoms with E-state index in [0.29, 0.717) is 0 Å². The van der Waals surface area contributed by atoms with Gasteiger partial charge in [0.1, 0.15) is 0 Å². The van der Waals surface area contributed by atoms with Crippen LogP contribution in [0.15, 0.2) is 35.3 Å². The van der Waals surface area contributed by atoms with Crippen LogP contribution in [0.2, 0.25) is 0 Å². The van der Waals surface area contributed by atoms with Crippen molar-refractivity contribution in [3.63, 3.8) is 0 Å². The monoisotopic (exact) mass is 496 g/mol. The lowest BCUT2D eigenvalue weighted by Crippen LogP contribution is -2.52. The summed E-state index contributed by atoms with van der Waals surface area (Å²) in [4.78, 5) is 9.73. The molecule has 0 amide bonds. The van der Waals surface area contributed by atoms with Crippen LogP contribution in [0, 0.1) is 13.8 Å². The molecule has 2 heterocycles. The molecular weight excluding hydrogens is 463 g/mol. The zero-order valence-corrected chi connectivity index (χ0v) is 19.8. The number of hydrogen-bond acceptors (Lipinski definition) is 3. The van der Waals surface area contributed by atoms with E-state index in [1.165, 1.54) is 16.9 Å². The SMILES string of the molecule is CCNC(=NCCc1c(C)nn(C)c1C)N1CCN(c2ccccc2)CC1.I. The molecule has 1 N–H and O–H groups in total. The molecule has 1 aromatic carbocycles. The fourth-order valence-electron chi connectivity index (χ4n) is 3.69. The van der Waals surface area contributed by atoms with Crippen molar-refractivity contribution in [3.8, 4) is 0 Å². The molecule has 7 heteroatoms. The Balaban J connectivity index is 0.00000280. The predicted octanol–water partition coefficient (Wildman–Crippen LogP) is 2.99. The molecule has 0 atom stereocenters. The average Bonchev–Trinajstić information content (AvgIpc) is 2.94. The zero-order chi connectivity index (χ0) is 19.2. The Bertz CT molecular complexity index is 763. The number of halogens is 1. The third-order valence-corrected chi connectivity index (χ3v) is 5.32. The highest BCUT2D eigenvalue weighted by atomic mass is 127. The van der Waals surface area contributed by atoms with Gasteiger partial charge in [0.05, 0.1) is 5.69 Å². The number of piperazine rings is 1. The van der Waals surface area contributed by atoms with Crippen molar-refractivity contribution in [1.29, 1.82) is 0 Å². The van der Waals surface area contributed by atoms with Crippen LogP contribution in [0.4, 0.5) is 5.69 Å². The van der Waals surface area contributed by atoms with Gasteiger partial charge in [0.2, 0.25) is 0 Å². The van der Waals surface area contributed by atoms with Gasteiger partial charge in [-0.2, -0.15) is 5.10 Å². The van der Waals surface area contributed by atoms with E-state index in [1.54, 1.807) is 0 Å². The van der Waals surface area contributed by atoms with Crippen molar-refractivity contribution in [2.75, 3.05) is 44.2 Å². The Morgan fingerprint density at radius 2 is 1.79 bits per heavy atom. The first kappa shape index (κ1) is 22.5. The van der Waals surface area contributed by atoms with Crippen LogP contribution in [0.25, 0.3) is 0 Å². The highest BCUT2D eigenvalue weighted by molar-refractivity contribution is 14.0. The topological polar surface area (TPSA) is 48.7 Å². The lowest BCUT2D eigenvalue weighted by Gasteiger charge is -2.37. The molecule has 0 unspecified atom stereocenters. The largest absolute Gasteiger partial charge is 0.368 e. The highest BCUT2D eigenvalue weighted by Crippen LogP contribution is 2.16. The van der Waals surface area contributed by atoms with Crippen molar-refractivity contribution < 1.29 is 0 Å². The summed E-state index contributed by atoms with van der Waals surface area (Å²) in [5.41, 5.74) is 4.99. The van der Waals surface area contributed by atoms with Crippen LogP contribution in [-0.4, -0.2) is 59.9 Å². The van der Waals surface area contributed by atoms with E-state index >= 15 is 0 Å². The number of anilines is 1. The first-order valence-electron chi connectivity index (χ1n) is 9.92. The third-order valence-electron chi connectivity index (χ3n) is 5.32. The van der Waals surface area contributed by atoms with Crippen LogP contribution in [0.3, 0.4) is 0 Å². The second kappa shape index (κ2) is 10.7. The van der Waals surface area contributed by atoms with Gasteiger partial charge in [-0.15, -0.1) is 24.0 Å². The second-order valence-electron chi connectivity index (χ2n) is 7.07. The molecule has 1 aliphatic rings. The van der Waals surface area contributed by atoms with E-state index in [9.17, 15) is 0 Å². The highest BCUT2D eigenvalue weighted by Gasteiger charge is 2.19. The number of aromatic nitrogens is 2. The van der Waals surface area contributed by atoms with E-state index in [2.05, 4.69) is 71.3 Å². The van der Waals surface area contributed by atoms with Crippen molar-refractivity contribution in [1.82, 2.24) is 20.0 Å². The molecule has 28 heavy (non-hydrogen) atoms. The quantitative estimate of drug-likeness (QED) is 0.393. The van der Waals surface area contributed by atoms with E-state index in [4.69, 9.17) is 4.99 Å². The first-order valence-corrected chi connectivity index (χ1v) is 9.92. The third kappa shape index (κ3) is 5.40. The van der Waals surface area contributed by atoms with Gasteiger partial charge in [0.25, 0.3) is 0 Å². The van der Waals surface area contributed by atoms with Crippen molar-refractivity contribution >= 4 is 35.6 Å². The fourth-order valence-corrected chi connectivity index (χ4v) is 3.69. The summed E-state index contributed by atoms with van der Waals surface area (Å²) in [6.07, 6.45) is 0.935. The van der Waals surface area contributed by atoms with Gasteiger partial charge in [0.15, 0.2) is 5.96 Å². The maximum atomic E-state index is 4.90. The predicted molar refractivity (Wildman–Crippen MR) is 128 cm³/mol. The number of rotatable bonds is 5. The van der Waals surface area contributed by atoms with Crippen LogP contribution in [0.1, 0.15) is 23.9 Å². The average molecular weight is 496 g/mol. The summed E-state index contributed by atoms with van der Waals surface area (Å²) in [6, 6.07) is 10.7. The Morgan fingerprint density at radius 1 is 1.11 bits per heavy atom. The van der Waals surface area contributed by atoms with Crippen molar-refractivity contribution in [2.45, 2.75) is 27.2 Å². The van der Waals surface area contributed by atoms with Crippen LogP contribution in [0.5, 0.6) is 0 Å². The van der Waals surface area contributed by atoms with Gasteiger partial charge in [0, 0.05) is 57.7 Å². The van der Waals surface area contributed by atoms with Gasteiger partial charge < -0.3 is 15.1 Å². The molecule has 154 valence electrons. The molecule has 0 radical (unpaired) electrons. The number of hydrogen-bond donors (Lipinski definition) is 1. The number of nitrogens with zero attached hydrogens (tertiary/aromatic N) is 5. The second-order valence-corrected chi connectivity index (χ2v) is 7.07. The molecule has 1 fully saturated rings. The minimum absolute atomic E-state index is 0. The number of aryl methyl sites for hydroxylation is 2. The molecule has 6 nitrogen and oxygen atoms in total. The lowest BCUT2D eigenvalue weighted by atomic mass is 10.1. The van der Waals surface area contributed by atoms with E-state index in [1.807, 2.05) is 11.7 Å².